The maximum Gasteiger partial charge on any atom is 0.261 e. The average Bonchev–Trinajstić information content (AvgIpc) is 3.62. The number of nitrogens with one attached hydrogen (secondary N) is 1. The van der Waals surface area contributed by atoms with Crippen molar-refractivity contribution in [3.63, 3.8) is 0 Å². The van der Waals surface area contributed by atoms with Gasteiger partial charge in [0.25, 0.3) is 5.91 Å². The van der Waals surface area contributed by atoms with Crippen LogP contribution >= 0.6 is 0 Å². The van der Waals surface area contributed by atoms with E-state index in [9.17, 15) is 19.5 Å². The molecule has 4 heterocycles. The van der Waals surface area contributed by atoms with E-state index in [2.05, 4.69) is 15.6 Å². The van der Waals surface area contributed by atoms with E-state index < -0.39 is 20.0 Å². The SMILES string of the molecule is C[C@@H]1[C@@H]([Si](C)(C)O)[C@H](CCn2cc(CCO)nn2)O[C@@]12C(=O)Nc1ccc(N3N=C(c4ccccc4)CCC3=O)cc12. The molecule has 0 bridgehead atoms. The Morgan fingerprint density at radius 2 is 1.93 bits per heavy atom. The number of benzene rings is 2. The van der Waals surface area contributed by atoms with Crippen LogP contribution in [-0.2, 0) is 32.9 Å². The Morgan fingerprint density at radius 1 is 1.14 bits per heavy atom. The zero-order chi connectivity index (χ0) is 29.6. The second-order valence-electron chi connectivity index (χ2n) is 11.9. The van der Waals surface area contributed by atoms with Gasteiger partial charge in [-0.05, 0) is 43.3 Å². The minimum absolute atomic E-state index is 0.00471. The van der Waals surface area contributed by atoms with Gasteiger partial charge in [0.05, 0.1) is 23.2 Å². The van der Waals surface area contributed by atoms with Crippen molar-refractivity contribution in [2.24, 2.45) is 11.0 Å². The molecule has 0 radical (unpaired) electrons. The van der Waals surface area contributed by atoms with E-state index in [4.69, 9.17) is 9.84 Å². The first-order valence-corrected chi connectivity index (χ1v) is 17.5. The van der Waals surface area contributed by atoms with Gasteiger partial charge in [0, 0.05) is 61.3 Å². The molecule has 3 aliphatic heterocycles. The maximum atomic E-state index is 13.8. The molecule has 6 rings (SSSR count). The van der Waals surface area contributed by atoms with Crippen molar-refractivity contribution >= 4 is 37.2 Å². The Balaban J connectivity index is 1.34. The summed E-state index contributed by atoms with van der Waals surface area (Å²) >= 11 is 0. The maximum absolute atomic E-state index is 13.8. The topological polar surface area (TPSA) is 142 Å². The largest absolute Gasteiger partial charge is 0.432 e. The molecule has 2 amide bonds. The zero-order valence-corrected chi connectivity index (χ0v) is 25.0. The summed E-state index contributed by atoms with van der Waals surface area (Å²) < 4.78 is 8.46. The van der Waals surface area contributed by atoms with Crippen molar-refractivity contribution in [2.75, 3.05) is 16.9 Å². The second-order valence-corrected chi connectivity index (χ2v) is 15.9. The number of nitrogens with zero attached hydrogens (tertiary/aromatic N) is 5. The van der Waals surface area contributed by atoms with E-state index in [0.29, 0.717) is 54.9 Å². The number of rotatable bonds is 8. The normalized spacial score (nSPS) is 25.6. The van der Waals surface area contributed by atoms with Crippen molar-refractivity contribution < 1.29 is 24.2 Å². The van der Waals surface area contributed by atoms with Gasteiger partial charge in [-0.1, -0.05) is 42.5 Å². The summed E-state index contributed by atoms with van der Waals surface area (Å²) in [6.45, 7) is 6.23. The molecule has 0 saturated carbocycles. The summed E-state index contributed by atoms with van der Waals surface area (Å²) in [6, 6.07) is 15.2. The predicted octanol–water partition coefficient (Wildman–Crippen LogP) is 3.18. The molecule has 3 aromatic rings. The van der Waals surface area contributed by atoms with E-state index in [1.807, 2.05) is 56.4 Å². The van der Waals surface area contributed by atoms with Crippen LogP contribution in [0, 0.1) is 5.92 Å². The lowest BCUT2D eigenvalue weighted by atomic mass is 9.82. The minimum atomic E-state index is -2.81. The molecule has 1 spiro atoms. The van der Waals surface area contributed by atoms with Gasteiger partial charge >= 0.3 is 0 Å². The average molecular weight is 589 g/mol. The summed E-state index contributed by atoms with van der Waals surface area (Å²) in [5, 5.41) is 26.6. The van der Waals surface area contributed by atoms with Crippen molar-refractivity contribution in [2.45, 2.75) is 69.5 Å². The number of ether oxygens (including phenoxy) is 1. The van der Waals surface area contributed by atoms with Crippen LogP contribution in [0.4, 0.5) is 11.4 Å². The number of hydrogen-bond acceptors (Lipinski definition) is 8. The Morgan fingerprint density at radius 3 is 2.67 bits per heavy atom. The van der Waals surface area contributed by atoms with Gasteiger partial charge in [-0.15, -0.1) is 5.10 Å². The number of fused-ring (bicyclic) bond motifs is 2. The van der Waals surface area contributed by atoms with Gasteiger partial charge in [-0.2, -0.15) is 5.10 Å². The molecule has 1 fully saturated rings. The molecule has 42 heavy (non-hydrogen) atoms. The number of carbonyl (C=O) groups is 2. The molecular formula is C30H36N6O5Si. The number of hydrazone groups is 1. The highest BCUT2D eigenvalue weighted by molar-refractivity contribution is 6.71. The van der Waals surface area contributed by atoms with Crippen molar-refractivity contribution in [1.82, 2.24) is 15.0 Å². The number of hydrogen-bond donors (Lipinski definition) is 3. The first-order chi connectivity index (χ1) is 20.1. The second kappa shape index (κ2) is 10.8. The Labute approximate surface area is 245 Å². The van der Waals surface area contributed by atoms with E-state index in [1.54, 1.807) is 23.0 Å². The molecule has 2 aromatic carbocycles. The highest BCUT2D eigenvalue weighted by Crippen LogP contribution is 2.58. The van der Waals surface area contributed by atoms with Gasteiger partial charge in [0.2, 0.25) is 5.91 Å². The third-order valence-corrected chi connectivity index (χ3v) is 11.2. The van der Waals surface area contributed by atoms with E-state index >= 15 is 0 Å². The summed E-state index contributed by atoms with van der Waals surface area (Å²) in [7, 11) is -2.81. The number of aliphatic hydroxyl groups is 1. The smallest absolute Gasteiger partial charge is 0.261 e. The Bertz CT molecular complexity index is 1540. The van der Waals surface area contributed by atoms with Crippen LogP contribution in [0.25, 0.3) is 0 Å². The lowest BCUT2D eigenvalue weighted by molar-refractivity contribution is -0.143. The summed E-state index contributed by atoms with van der Waals surface area (Å²) in [6.07, 6.45) is 3.22. The van der Waals surface area contributed by atoms with Crippen LogP contribution in [0.1, 0.15) is 43.0 Å². The van der Waals surface area contributed by atoms with Crippen LogP contribution in [0.2, 0.25) is 18.6 Å². The molecule has 3 aliphatic rings. The molecule has 220 valence electrons. The number of amides is 2. The van der Waals surface area contributed by atoms with E-state index in [0.717, 1.165) is 11.3 Å². The van der Waals surface area contributed by atoms with Crippen molar-refractivity contribution in [1.29, 1.82) is 0 Å². The standard InChI is InChI=1S/C30H36N6O5Si/c1-19-28(42(2,3)40)26(13-15-35-18-21(14-16-37)32-34-35)41-30(19)23-17-22(9-10-25(23)31-29(30)39)36-27(38)12-11-24(33-36)20-7-5-4-6-8-20/h4-10,17-19,26,28,37,40H,11-16H2,1-3H3,(H,31,39)/t19-,26+,28-,30+/m1/s1. The molecule has 4 atom stereocenters. The quantitative estimate of drug-likeness (QED) is 0.343. The molecule has 12 heteroatoms. The van der Waals surface area contributed by atoms with E-state index in [1.165, 1.54) is 5.01 Å². The minimum Gasteiger partial charge on any atom is -0.432 e. The lowest BCUT2D eigenvalue weighted by Gasteiger charge is -2.32. The predicted molar refractivity (Wildman–Crippen MR) is 159 cm³/mol. The van der Waals surface area contributed by atoms with Crippen molar-refractivity contribution in [3.05, 3.63) is 71.5 Å². The first kappa shape index (κ1) is 28.4. The summed E-state index contributed by atoms with van der Waals surface area (Å²) in [5.41, 5.74) is 2.80. The number of carbonyl (C=O) groups excluding carboxylic acids is 2. The first-order valence-electron chi connectivity index (χ1n) is 14.4. The van der Waals surface area contributed by atoms with Gasteiger partial charge in [0.15, 0.2) is 13.9 Å². The van der Waals surface area contributed by atoms with Crippen LogP contribution in [0.5, 0.6) is 0 Å². The van der Waals surface area contributed by atoms with Crippen LogP contribution in [0.3, 0.4) is 0 Å². The molecule has 1 saturated heterocycles. The van der Waals surface area contributed by atoms with Crippen LogP contribution in [-0.4, -0.2) is 63.5 Å². The molecule has 0 aliphatic carbocycles. The molecule has 3 N–H and O–H groups in total. The Kier molecular flexibility index (Phi) is 7.33. The fraction of sp³-hybridized carbons (Fsp3) is 0.433. The summed E-state index contributed by atoms with van der Waals surface area (Å²) in [5.74, 6) is -0.710. The van der Waals surface area contributed by atoms with E-state index in [-0.39, 0.29) is 29.9 Å². The Hall–Kier alpha value is -3.71. The lowest BCUT2D eigenvalue weighted by Crippen LogP contribution is -2.43. The number of aryl methyl sites for hydroxylation is 1. The highest BCUT2D eigenvalue weighted by atomic mass is 28.4. The monoisotopic (exact) mass is 588 g/mol. The zero-order valence-electron chi connectivity index (χ0n) is 24.0. The highest BCUT2D eigenvalue weighted by Gasteiger charge is 2.64. The van der Waals surface area contributed by atoms with Gasteiger partial charge in [-0.3, -0.25) is 14.3 Å². The van der Waals surface area contributed by atoms with Gasteiger partial charge in [-0.25, -0.2) is 5.01 Å². The molecule has 0 unspecified atom stereocenters. The fourth-order valence-corrected chi connectivity index (χ4v) is 9.42. The third kappa shape index (κ3) is 4.87. The number of anilines is 2. The third-order valence-electron chi connectivity index (χ3n) is 8.70. The number of aliphatic hydroxyl groups excluding tert-OH is 1. The van der Waals surface area contributed by atoms with Gasteiger partial charge < -0.3 is 20.0 Å². The fourth-order valence-electron chi connectivity index (χ4n) is 6.81. The molecule has 1 aromatic heterocycles. The number of aromatic nitrogens is 3. The van der Waals surface area contributed by atoms with Crippen LogP contribution < -0.4 is 10.3 Å². The molecular weight excluding hydrogens is 552 g/mol. The molecule has 11 nitrogen and oxygen atoms in total. The summed E-state index contributed by atoms with van der Waals surface area (Å²) in [4.78, 5) is 38.3. The van der Waals surface area contributed by atoms with Crippen molar-refractivity contribution in [3.8, 4) is 0 Å². The van der Waals surface area contributed by atoms with Gasteiger partial charge in [0.1, 0.15) is 0 Å². The van der Waals surface area contributed by atoms with Crippen LogP contribution in [0.15, 0.2) is 59.8 Å².